The van der Waals surface area contributed by atoms with Gasteiger partial charge in [0.15, 0.2) is 0 Å². The van der Waals surface area contributed by atoms with Crippen LogP contribution in [-0.2, 0) is 0 Å². The van der Waals surface area contributed by atoms with Gasteiger partial charge in [-0.15, -0.1) is 23.1 Å². The molecule has 0 spiro atoms. The van der Waals surface area contributed by atoms with Crippen LogP contribution in [0.25, 0.3) is 20.8 Å². The van der Waals surface area contributed by atoms with Gasteiger partial charge < -0.3 is 4.74 Å². The Morgan fingerprint density at radius 1 is 0.694 bits per heavy atom. The molecule has 0 saturated carbocycles. The molecule has 1 heterocycles. The summed E-state index contributed by atoms with van der Waals surface area (Å²) < 4.78 is 7.19. The van der Waals surface area contributed by atoms with Crippen LogP contribution in [0.5, 0.6) is 5.75 Å². The van der Waals surface area contributed by atoms with Gasteiger partial charge >= 0.3 is 0 Å². The molecule has 0 unspecified atom stereocenters. The lowest BCUT2D eigenvalue weighted by Gasteiger charge is -2.06. The zero-order valence-electron chi connectivity index (χ0n) is 22.7. The van der Waals surface area contributed by atoms with E-state index in [-0.39, 0.29) is 0 Å². The summed E-state index contributed by atoms with van der Waals surface area (Å²) in [5.74, 6) is 2.17. The molecule has 0 aliphatic heterocycles. The number of fused-ring (bicyclic) bond motifs is 1. The van der Waals surface area contributed by atoms with E-state index in [1.54, 1.807) is 11.3 Å². The highest BCUT2D eigenvalue weighted by Crippen LogP contribution is 2.33. The Kier molecular flexibility index (Phi) is 14.4. The molecular weight excluding hydrogens is 478 g/mol. The first-order valence-corrected chi connectivity index (χ1v) is 16.4. The van der Waals surface area contributed by atoms with E-state index in [1.165, 1.54) is 111 Å². The van der Waals surface area contributed by atoms with E-state index in [0.717, 1.165) is 29.3 Å². The molecule has 0 atom stereocenters. The van der Waals surface area contributed by atoms with Crippen LogP contribution in [0.1, 0.15) is 110 Å². The zero-order valence-corrected chi connectivity index (χ0v) is 24.4. The van der Waals surface area contributed by atoms with E-state index in [0.29, 0.717) is 0 Å². The SMILES string of the molecule is CCCCCCCCCCCCSc1ccc2sc(-c3ccc(OCCCCCCC)cc3)nc2c1. The Balaban J connectivity index is 1.36. The molecule has 0 radical (unpaired) electrons. The third-order valence-corrected chi connectivity index (χ3v) is 8.91. The number of hydrogen-bond donors (Lipinski definition) is 0. The Hall–Kier alpha value is -1.52. The second kappa shape index (κ2) is 17.9. The van der Waals surface area contributed by atoms with E-state index in [2.05, 4.69) is 56.3 Å². The van der Waals surface area contributed by atoms with E-state index in [4.69, 9.17) is 9.72 Å². The molecule has 0 aliphatic carbocycles. The third-order valence-electron chi connectivity index (χ3n) is 6.74. The molecule has 0 N–H and O–H groups in total. The van der Waals surface area contributed by atoms with Crippen LogP contribution < -0.4 is 4.74 Å². The Morgan fingerprint density at radius 3 is 1.97 bits per heavy atom. The molecule has 0 aliphatic rings. The second-order valence-electron chi connectivity index (χ2n) is 9.97. The highest BCUT2D eigenvalue weighted by molar-refractivity contribution is 7.99. The fourth-order valence-electron chi connectivity index (χ4n) is 4.49. The van der Waals surface area contributed by atoms with Crippen molar-refractivity contribution in [1.82, 2.24) is 4.98 Å². The van der Waals surface area contributed by atoms with Crippen LogP contribution in [0.4, 0.5) is 0 Å². The summed E-state index contributed by atoms with van der Waals surface area (Å²) >= 11 is 3.76. The first kappa shape index (κ1) is 29.0. The molecule has 2 nitrogen and oxygen atoms in total. The number of ether oxygens (including phenoxy) is 1. The van der Waals surface area contributed by atoms with Crippen molar-refractivity contribution in [2.24, 2.45) is 0 Å². The van der Waals surface area contributed by atoms with Gasteiger partial charge in [-0.05, 0) is 61.1 Å². The third kappa shape index (κ3) is 10.8. The van der Waals surface area contributed by atoms with Gasteiger partial charge in [0, 0.05) is 10.5 Å². The van der Waals surface area contributed by atoms with Crippen LogP contribution in [0.2, 0.25) is 0 Å². The van der Waals surface area contributed by atoms with Crippen molar-refractivity contribution in [2.45, 2.75) is 115 Å². The number of unbranched alkanes of at least 4 members (excludes halogenated alkanes) is 13. The minimum atomic E-state index is 0.809. The summed E-state index contributed by atoms with van der Waals surface area (Å²) in [5.41, 5.74) is 2.29. The molecule has 198 valence electrons. The molecule has 3 rings (SSSR count). The topological polar surface area (TPSA) is 22.1 Å². The summed E-state index contributed by atoms with van der Waals surface area (Å²) in [6.45, 7) is 5.35. The quantitative estimate of drug-likeness (QED) is 0.108. The van der Waals surface area contributed by atoms with Crippen molar-refractivity contribution in [2.75, 3.05) is 12.4 Å². The summed E-state index contributed by atoms with van der Waals surface area (Å²) in [6, 6.07) is 15.2. The van der Waals surface area contributed by atoms with Crippen molar-refractivity contribution in [3.8, 4) is 16.3 Å². The molecule has 1 aromatic heterocycles. The van der Waals surface area contributed by atoms with E-state index in [1.807, 2.05) is 11.8 Å². The maximum Gasteiger partial charge on any atom is 0.124 e. The van der Waals surface area contributed by atoms with Gasteiger partial charge in [0.1, 0.15) is 10.8 Å². The lowest BCUT2D eigenvalue weighted by Crippen LogP contribution is -1.97. The van der Waals surface area contributed by atoms with Gasteiger partial charge in [0.05, 0.1) is 16.8 Å². The standard InChI is InChI=1S/C32H47NOS2/c1-3-5-7-9-10-11-12-13-15-17-25-35-29-22-23-31-30(26-29)33-32(36-31)27-18-20-28(21-19-27)34-24-16-14-8-6-4-2/h18-23,26H,3-17,24-25H2,1-2H3. The monoisotopic (exact) mass is 525 g/mol. The van der Waals surface area contributed by atoms with Crippen molar-refractivity contribution in [3.05, 3.63) is 42.5 Å². The average Bonchev–Trinajstić information content (AvgIpc) is 3.33. The first-order valence-electron chi connectivity index (χ1n) is 14.6. The Bertz CT molecular complexity index is 966. The van der Waals surface area contributed by atoms with Crippen LogP contribution in [0, 0.1) is 0 Å². The van der Waals surface area contributed by atoms with Gasteiger partial charge in [-0.1, -0.05) is 97.3 Å². The van der Waals surface area contributed by atoms with Gasteiger partial charge in [-0.3, -0.25) is 0 Å². The normalized spacial score (nSPS) is 11.4. The Labute approximate surface area is 228 Å². The van der Waals surface area contributed by atoms with Crippen LogP contribution in [0.3, 0.4) is 0 Å². The fraction of sp³-hybridized carbons (Fsp3) is 0.594. The highest BCUT2D eigenvalue weighted by Gasteiger charge is 2.08. The maximum absolute atomic E-state index is 5.92. The van der Waals surface area contributed by atoms with Gasteiger partial charge in [0.25, 0.3) is 0 Å². The minimum absolute atomic E-state index is 0.809. The summed E-state index contributed by atoms with van der Waals surface area (Å²) in [5, 5.41) is 1.09. The number of thioether (sulfide) groups is 1. The predicted octanol–water partition coefficient (Wildman–Crippen LogP) is 11.3. The second-order valence-corrected chi connectivity index (χ2v) is 12.2. The molecule has 3 aromatic rings. The molecule has 4 heteroatoms. The molecule has 36 heavy (non-hydrogen) atoms. The first-order chi connectivity index (χ1) is 17.8. The molecule has 0 amide bonds. The highest BCUT2D eigenvalue weighted by atomic mass is 32.2. The van der Waals surface area contributed by atoms with Gasteiger partial charge in [0.2, 0.25) is 0 Å². The number of benzene rings is 2. The molecule has 2 aromatic carbocycles. The summed E-state index contributed by atoms with van der Waals surface area (Å²) in [6.07, 6.45) is 20.3. The summed E-state index contributed by atoms with van der Waals surface area (Å²) in [4.78, 5) is 6.29. The summed E-state index contributed by atoms with van der Waals surface area (Å²) in [7, 11) is 0. The van der Waals surface area contributed by atoms with Gasteiger partial charge in [-0.2, -0.15) is 0 Å². The van der Waals surface area contributed by atoms with E-state index in [9.17, 15) is 0 Å². The number of nitrogens with zero attached hydrogens (tertiary/aromatic N) is 1. The van der Waals surface area contributed by atoms with Crippen LogP contribution >= 0.6 is 23.1 Å². The van der Waals surface area contributed by atoms with Crippen molar-refractivity contribution in [3.63, 3.8) is 0 Å². The lowest BCUT2D eigenvalue weighted by atomic mass is 10.1. The number of rotatable bonds is 20. The predicted molar refractivity (Wildman–Crippen MR) is 162 cm³/mol. The largest absolute Gasteiger partial charge is 0.494 e. The fourth-order valence-corrected chi connectivity index (χ4v) is 6.38. The zero-order chi connectivity index (χ0) is 25.3. The molecule has 0 bridgehead atoms. The number of thiazole rings is 1. The van der Waals surface area contributed by atoms with Crippen molar-refractivity contribution in [1.29, 1.82) is 0 Å². The van der Waals surface area contributed by atoms with Crippen molar-refractivity contribution < 1.29 is 4.74 Å². The number of aromatic nitrogens is 1. The Morgan fingerprint density at radius 2 is 1.31 bits per heavy atom. The van der Waals surface area contributed by atoms with Gasteiger partial charge in [-0.25, -0.2) is 4.98 Å². The smallest absolute Gasteiger partial charge is 0.124 e. The lowest BCUT2D eigenvalue weighted by molar-refractivity contribution is 0.304. The molecule has 0 saturated heterocycles. The van der Waals surface area contributed by atoms with Crippen LogP contribution in [-0.4, -0.2) is 17.3 Å². The number of hydrogen-bond acceptors (Lipinski definition) is 4. The average molecular weight is 526 g/mol. The maximum atomic E-state index is 5.92. The van der Waals surface area contributed by atoms with Crippen LogP contribution in [0.15, 0.2) is 47.4 Å². The molecule has 0 fully saturated rings. The van der Waals surface area contributed by atoms with E-state index >= 15 is 0 Å². The minimum Gasteiger partial charge on any atom is -0.494 e. The molecular formula is C32H47NOS2. The van der Waals surface area contributed by atoms with Crippen molar-refractivity contribution >= 4 is 33.3 Å². The van der Waals surface area contributed by atoms with E-state index < -0.39 is 0 Å².